The second kappa shape index (κ2) is 7.06. The lowest BCUT2D eigenvalue weighted by atomic mass is 10.2. The number of rotatable bonds is 3. The second-order valence-electron chi connectivity index (χ2n) is 5.47. The summed E-state index contributed by atoms with van der Waals surface area (Å²) in [5.74, 6) is -0.627. The second-order valence-corrected chi connectivity index (χ2v) is 6.71. The number of benzene rings is 2. The van der Waals surface area contributed by atoms with Gasteiger partial charge < -0.3 is 5.32 Å². The molecule has 0 aliphatic rings. The van der Waals surface area contributed by atoms with E-state index >= 15 is 0 Å². The fourth-order valence-electron chi connectivity index (χ4n) is 2.37. The van der Waals surface area contributed by atoms with E-state index in [9.17, 15) is 22.8 Å². The molecule has 0 unspecified atom stereocenters. The van der Waals surface area contributed by atoms with Gasteiger partial charge in [-0.3, -0.25) is 14.2 Å². The number of alkyl halides is 3. The van der Waals surface area contributed by atoms with Crippen molar-refractivity contribution in [3.63, 3.8) is 0 Å². The minimum Gasteiger partial charge on any atom is -0.325 e. The van der Waals surface area contributed by atoms with E-state index in [4.69, 9.17) is 0 Å². The van der Waals surface area contributed by atoms with Crippen LogP contribution >= 0.6 is 22.6 Å². The molecular formula is C17H11F3IN3O2. The highest BCUT2D eigenvalue weighted by atomic mass is 127. The average Bonchev–Trinajstić information content (AvgIpc) is 2.57. The van der Waals surface area contributed by atoms with Gasteiger partial charge in [-0.05, 0) is 59.0 Å². The molecule has 1 heterocycles. The predicted octanol–water partition coefficient (Wildman–Crippen LogP) is 3.66. The van der Waals surface area contributed by atoms with Gasteiger partial charge in [0.15, 0.2) is 0 Å². The predicted molar refractivity (Wildman–Crippen MR) is 98.8 cm³/mol. The topological polar surface area (TPSA) is 64.0 Å². The fourth-order valence-corrected chi connectivity index (χ4v) is 2.86. The lowest BCUT2D eigenvalue weighted by molar-refractivity contribution is -0.137. The van der Waals surface area contributed by atoms with E-state index in [0.717, 1.165) is 20.3 Å². The molecule has 0 bridgehead atoms. The summed E-state index contributed by atoms with van der Waals surface area (Å²) in [6.07, 6.45) is -3.26. The summed E-state index contributed by atoms with van der Waals surface area (Å²) < 4.78 is 40.1. The van der Waals surface area contributed by atoms with E-state index in [1.54, 1.807) is 18.2 Å². The van der Waals surface area contributed by atoms with Gasteiger partial charge in [-0.1, -0.05) is 6.07 Å². The molecule has 0 radical (unpaired) electrons. The Kier molecular flexibility index (Phi) is 4.99. The lowest BCUT2D eigenvalue weighted by Gasteiger charge is -2.11. The van der Waals surface area contributed by atoms with Crippen molar-refractivity contribution < 1.29 is 18.0 Å². The van der Waals surface area contributed by atoms with Crippen molar-refractivity contribution in [1.29, 1.82) is 0 Å². The lowest BCUT2D eigenvalue weighted by Crippen LogP contribution is -2.28. The van der Waals surface area contributed by atoms with Crippen molar-refractivity contribution in [1.82, 2.24) is 9.55 Å². The molecule has 0 aliphatic heterocycles. The molecule has 0 saturated heterocycles. The summed E-state index contributed by atoms with van der Waals surface area (Å²) in [6.45, 7) is -0.358. The maximum absolute atomic E-state index is 12.7. The van der Waals surface area contributed by atoms with Gasteiger partial charge in [-0.2, -0.15) is 13.2 Å². The molecule has 0 saturated carbocycles. The van der Waals surface area contributed by atoms with E-state index in [-0.39, 0.29) is 12.2 Å². The number of anilines is 1. The molecule has 134 valence electrons. The molecule has 1 N–H and O–H groups in total. The van der Waals surface area contributed by atoms with E-state index in [2.05, 4.69) is 32.9 Å². The zero-order chi connectivity index (χ0) is 18.9. The van der Waals surface area contributed by atoms with Crippen molar-refractivity contribution in [2.24, 2.45) is 0 Å². The molecule has 0 aliphatic carbocycles. The molecule has 3 rings (SSSR count). The largest absolute Gasteiger partial charge is 0.416 e. The van der Waals surface area contributed by atoms with Gasteiger partial charge >= 0.3 is 6.18 Å². The number of amides is 1. The van der Waals surface area contributed by atoms with Crippen LogP contribution in [0.2, 0.25) is 0 Å². The van der Waals surface area contributed by atoms with E-state index in [0.29, 0.717) is 10.9 Å². The van der Waals surface area contributed by atoms with Crippen LogP contribution in [0.3, 0.4) is 0 Å². The Labute approximate surface area is 159 Å². The van der Waals surface area contributed by atoms with Gasteiger partial charge in [-0.15, -0.1) is 0 Å². The molecular weight excluding hydrogens is 462 g/mol. The Balaban J connectivity index is 1.82. The third kappa shape index (κ3) is 4.03. The van der Waals surface area contributed by atoms with Crippen LogP contribution < -0.4 is 10.9 Å². The number of aromatic nitrogens is 2. The number of nitrogens with zero attached hydrogens (tertiary/aromatic N) is 2. The van der Waals surface area contributed by atoms with Crippen LogP contribution in [0.1, 0.15) is 5.56 Å². The van der Waals surface area contributed by atoms with Crippen LogP contribution in [0.25, 0.3) is 10.9 Å². The molecule has 26 heavy (non-hydrogen) atoms. The fraction of sp³-hybridized carbons (Fsp3) is 0.118. The Hall–Kier alpha value is -2.43. The van der Waals surface area contributed by atoms with E-state index < -0.39 is 23.2 Å². The first kappa shape index (κ1) is 18.4. The summed E-state index contributed by atoms with van der Waals surface area (Å²) >= 11 is 2.06. The van der Waals surface area contributed by atoms with Crippen molar-refractivity contribution >= 4 is 45.1 Å². The van der Waals surface area contributed by atoms with E-state index in [1.807, 2.05) is 0 Å². The quantitative estimate of drug-likeness (QED) is 0.591. The highest BCUT2D eigenvalue weighted by molar-refractivity contribution is 14.1. The molecule has 9 heteroatoms. The average molecular weight is 473 g/mol. The molecule has 0 fully saturated rings. The summed E-state index contributed by atoms with van der Waals surface area (Å²) in [4.78, 5) is 28.7. The van der Waals surface area contributed by atoms with Gasteiger partial charge in [0.25, 0.3) is 5.56 Å². The molecule has 1 amide bonds. The van der Waals surface area contributed by atoms with Gasteiger partial charge in [-0.25, -0.2) is 4.98 Å². The normalized spacial score (nSPS) is 11.5. The first-order valence-electron chi connectivity index (χ1n) is 7.36. The third-order valence-electron chi connectivity index (χ3n) is 3.57. The van der Waals surface area contributed by atoms with Gasteiger partial charge in [0, 0.05) is 9.26 Å². The summed E-state index contributed by atoms with van der Waals surface area (Å²) in [7, 11) is 0. The molecule has 0 spiro atoms. The van der Waals surface area contributed by atoms with Crippen molar-refractivity contribution in [3.05, 3.63) is 68.3 Å². The van der Waals surface area contributed by atoms with Crippen LogP contribution in [0.15, 0.2) is 53.6 Å². The Bertz CT molecular complexity index is 1050. The zero-order valence-corrected chi connectivity index (χ0v) is 15.2. The molecule has 2 aromatic carbocycles. The van der Waals surface area contributed by atoms with Crippen LogP contribution in [-0.2, 0) is 17.5 Å². The summed E-state index contributed by atoms with van der Waals surface area (Å²) in [6, 6.07) is 9.45. The molecule has 3 aromatic rings. The Morgan fingerprint density at radius 3 is 2.69 bits per heavy atom. The monoisotopic (exact) mass is 473 g/mol. The number of hydrogen-bond donors (Lipinski definition) is 1. The Morgan fingerprint density at radius 2 is 1.96 bits per heavy atom. The molecule has 0 atom stereocenters. The molecule has 5 nitrogen and oxygen atoms in total. The minimum absolute atomic E-state index is 0.00108. The van der Waals surface area contributed by atoms with Crippen molar-refractivity contribution in [2.45, 2.75) is 12.7 Å². The molecule has 1 aromatic heterocycles. The summed E-state index contributed by atoms with van der Waals surface area (Å²) in [5.41, 5.74) is -0.756. The first-order valence-corrected chi connectivity index (χ1v) is 8.44. The van der Waals surface area contributed by atoms with Crippen LogP contribution in [0.4, 0.5) is 18.9 Å². The van der Waals surface area contributed by atoms with E-state index in [1.165, 1.54) is 18.5 Å². The van der Waals surface area contributed by atoms with Crippen LogP contribution in [-0.4, -0.2) is 15.5 Å². The van der Waals surface area contributed by atoms with Crippen molar-refractivity contribution in [2.75, 3.05) is 5.32 Å². The number of nitrogens with one attached hydrogen (secondary N) is 1. The zero-order valence-electron chi connectivity index (χ0n) is 13.0. The van der Waals surface area contributed by atoms with Gasteiger partial charge in [0.2, 0.25) is 5.91 Å². The SMILES string of the molecule is O=C(Cn1cnc2ccc(I)cc2c1=O)Nc1cccc(C(F)(F)F)c1. The van der Waals surface area contributed by atoms with Crippen LogP contribution in [0, 0.1) is 3.57 Å². The minimum atomic E-state index is -4.50. The number of hydrogen-bond acceptors (Lipinski definition) is 3. The first-order chi connectivity index (χ1) is 12.2. The third-order valence-corrected chi connectivity index (χ3v) is 4.24. The number of fused-ring (bicyclic) bond motifs is 1. The van der Waals surface area contributed by atoms with Gasteiger partial charge in [0.05, 0.1) is 22.8 Å². The highest BCUT2D eigenvalue weighted by Crippen LogP contribution is 2.30. The maximum atomic E-state index is 12.7. The number of halogens is 4. The standard InChI is InChI=1S/C17H11F3IN3O2/c18-17(19,20)10-2-1-3-12(6-10)23-15(25)8-24-9-22-14-5-4-11(21)7-13(14)16(24)26/h1-7,9H,8H2,(H,23,25). The Morgan fingerprint density at radius 1 is 1.19 bits per heavy atom. The maximum Gasteiger partial charge on any atom is 0.416 e. The highest BCUT2D eigenvalue weighted by Gasteiger charge is 2.30. The smallest absolute Gasteiger partial charge is 0.325 e. The number of carbonyl (C=O) groups excluding carboxylic acids is 1. The van der Waals surface area contributed by atoms with Crippen molar-refractivity contribution in [3.8, 4) is 0 Å². The van der Waals surface area contributed by atoms with Crippen LogP contribution in [0.5, 0.6) is 0 Å². The summed E-state index contributed by atoms with van der Waals surface area (Å²) in [5, 5.41) is 2.73. The van der Waals surface area contributed by atoms with Gasteiger partial charge in [0.1, 0.15) is 6.54 Å². The number of carbonyl (C=O) groups is 1.